The van der Waals surface area contributed by atoms with Crippen LogP contribution in [0.1, 0.15) is 0 Å². The van der Waals surface area contributed by atoms with Crippen LogP contribution in [0.5, 0.6) is 0 Å². The zero-order valence-corrected chi connectivity index (χ0v) is 27.7. The quantitative estimate of drug-likeness (QED) is 0.189. The monoisotopic (exact) mass is 659 g/mol. The summed E-state index contributed by atoms with van der Waals surface area (Å²) in [6.45, 7) is 0. The van der Waals surface area contributed by atoms with Gasteiger partial charge in [0.05, 0.1) is 26.9 Å². The van der Waals surface area contributed by atoms with Gasteiger partial charge in [0.1, 0.15) is 0 Å². The average Bonchev–Trinajstić information content (AvgIpc) is 3.85. The summed E-state index contributed by atoms with van der Waals surface area (Å²) in [7, 11) is 0. The minimum atomic E-state index is 0.691. The van der Waals surface area contributed by atoms with Gasteiger partial charge in [-0.15, -0.1) is 22.7 Å². The smallest absolute Gasteiger partial charge is 0.235 e. The molecule has 0 spiro atoms. The van der Waals surface area contributed by atoms with E-state index in [0.29, 0.717) is 5.95 Å². The number of nitrogens with zero attached hydrogens (tertiary/aromatic N) is 3. The summed E-state index contributed by atoms with van der Waals surface area (Å²) in [5.74, 6) is 0.691. The molecule has 0 aliphatic heterocycles. The molecule has 0 atom stereocenters. The summed E-state index contributed by atoms with van der Waals surface area (Å²) in [5.41, 5.74) is 7.69. The molecule has 0 aliphatic carbocycles. The molecule has 5 heteroatoms. The lowest BCUT2D eigenvalue weighted by Crippen LogP contribution is -2.03. The number of hydrogen-bond acceptors (Lipinski definition) is 4. The van der Waals surface area contributed by atoms with E-state index in [4.69, 9.17) is 9.97 Å². The Labute approximate surface area is 289 Å². The standard InChI is InChI=1S/C44H25N3S2/c1-2-12-26(13-3-1)27-22-24-28(25-23-27)39-43-40(33-18-8-11-21-36(33)49-43)46-44(45-39)47-34-19-9-6-16-31(34)37-29-14-4-5-15-30(29)42-38(41(37)47)32-17-7-10-20-35(32)48-42/h1-25H. The molecule has 0 bridgehead atoms. The minimum absolute atomic E-state index is 0.691. The Bertz CT molecular complexity index is 3090. The van der Waals surface area contributed by atoms with Gasteiger partial charge in [-0.3, -0.25) is 4.57 Å². The molecule has 0 N–H and O–H groups in total. The number of benzene rings is 7. The number of rotatable bonds is 3. The largest absolute Gasteiger partial charge is 0.277 e. The Morgan fingerprint density at radius 1 is 0.408 bits per heavy atom. The fourth-order valence-electron chi connectivity index (χ4n) is 7.65. The van der Waals surface area contributed by atoms with E-state index in [1.165, 1.54) is 57.5 Å². The average molecular weight is 660 g/mol. The van der Waals surface area contributed by atoms with Crippen molar-refractivity contribution in [2.75, 3.05) is 0 Å². The SMILES string of the molecule is c1ccc(-c2ccc(-c3nc(-n4c5ccccc5c5c6ccccc6c6sc7ccccc7c6c54)nc4c3sc3ccccc34)cc2)cc1. The summed E-state index contributed by atoms with van der Waals surface area (Å²) in [5, 5.41) is 8.68. The molecule has 11 rings (SSSR count). The molecule has 4 aromatic heterocycles. The molecule has 0 amide bonds. The van der Waals surface area contributed by atoms with Gasteiger partial charge in [-0.05, 0) is 34.7 Å². The third-order valence-electron chi connectivity index (χ3n) is 9.82. The first-order chi connectivity index (χ1) is 24.3. The van der Waals surface area contributed by atoms with E-state index >= 15 is 0 Å². The number of aromatic nitrogens is 3. The first-order valence-corrected chi connectivity index (χ1v) is 18.1. The van der Waals surface area contributed by atoms with E-state index in [1.807, 2.05) is 11.3 Å². The fourth-order valence-corrected chi connectivity index (χ4v) is 10.0. The summed E-state index contributed by atoms with van der Waals surface area (Å²) >= 11 is 3.64. The molecule has 0 radical (unpaired) electrons. The maximum absolute atomic E-state index is 5.53. The van der Waals surface area contributed by atoms with Crippen LogP contribution < -0.4 is 0 Å². The summed E-state index contributed by atoms with van der Waals surface area (Å²) < 4.78 is 7.24. The van der Waals surface area contributed by atoms with E-state index in [1.54, 1.807) is 11.3 Å². The maximum atomic E-state index is 5.53. The number of hydrogen-bond donors (Lipinski definition) is 0. The molecule has 0 saturated carbocycles. The van der Waals surface area contributed by atoms with Crippen molar-refractivity contribution in [2.45, 2.75) is 0 Å². The van der Waals surface area contributed by atoms with Crippen LogP contribution in [-0.4, -0.2) is 14.5 Å². The molecule has 11 aromatic rings. The number of thiophene rings is 2. The van der Waals surface area contributed by atoms with Gasteiger partial charge in [0, 0.05) is 52.0 Å². The van der Waals surface area contributed by atoms with Gasteiger partial charge in [-0.25, -0.2) is 9.97 Å². The first-order valence-electron chi connectivity index (χ1n) is 16.4. The summed E-state index contributed by atoms with van der Waals surface area (Å²) in [6, 6.07) is 54.4. The van der Waals surface area contributed by atoms with Gasteiger partial charge >= 0.3 is 0 Å². The van der Waals surface area contributed by atoms with Crippen LogP contribution in [0.15, 0.2) is 152 Å². The fraction of sp³-hybridized carbons (Fsp3) is 0. The Kier molecular flexibility index (Phi) is 5.70. The Morgan fingerprint density at radius 3 is 1.78 bits per heavy atom. The van der Waals surface area contributed by atoms with Crippen molar-refractivity contribution in [3.05, 3.63) is 152 Å². The van der Waals surface area contributed by atoms with Gasteiger partial charge in [0.25, 0.3) is 0 Å². The molecule has 7 aromatic carbocycles. The van der Waals surface area contributed by atoms with Gasteiger partial charge in [0.15, 0.2) is 0 Å². The van der Waals surface area contributed by atoms with Gasteiger partial charge in [-0.2, -0.15) is 0 Å². The lowest BCUT2D eigenvalue weighted by Gasteiger charge is -2.12. The van der Waals surface area contributed by atoms with Crippen molar-refractivity contribution >= 4 is 95.7 Å². The highest BCUT2D eigenvalue weighted by atomic mass is 32.1. The van der Waals surface area contributed by atoms with Crippen LogP contribution in [0, 0.1) is 0 Å². The van der Waals surface area contributed by atoms with Crippen molar-refractivity contribution < 1.29 is 0 Å². The molecular weight excluding hydrogens is 635 g/mol. The second kappa shape index (κ2) is 10.3. The van der Waals surface area contributed by atoms with E-state index < -0.39 is 0 Å². The van der Waals surface area contributed by atoms with Crippen molar-refractivity contribution in [1.29, 1.82) is 0 Å². The highest BCUT2D eigenvalue weighted by molar-refractivity contribution is 7.27. The van der Waals surface area contributed by atoms with Gasteiger partial charge in [-0.1, -0.05) is 133 Å². The Balaban J connectivity index is 1.30. The first kappa shape index (κ1) is 27.1. The topological polar surface area (TPSA) is 30.7 Å². The maximum Gasteiger partial charge on any atom is 0.235 e. The van der Waals surface area contributed by atoms with Gasteiger partial charge < -0.3 is 0 Å². The molecule has 49 heavy (non-hydrogen) atoms. The highest BCUT2D eigenvalue weighted by Crippen LogP contribution is 2.48. The Hall–Kier alpha value is -5.88. The van der Waals surface area contributed by atoms with E-state index in [0.717, 1.165) is 37.9 Å². The molecule has 3 nitrogen and oxygen atoms in total. The van der Waals surface area contributed by atoms with Crippen LogP contribution in [0.3, 0.4) is 0 Å². The van der Waals surface area contributed by atoms with Crippen LogP contribution >= 0.6 is 22.7 Å². The van der Waals surface area contributed by atoms with Crippen molar-refractivity contribution in [2.24, 2.45) is 0 Å². The molecular formula is C44H25N3S2. The minimum Gasteiger partial charge on any atom is -0.277 e. The lowest BCUT2D eigenvalue weighted by atomic mass is 10.00. The third kappa shape index (κ3) is 3.88. The molecule has 228 valence electrons. The van der Waals surface area contributed by atoms with Crippen molar-refractivity contribution in [3.63, 3.8) is 0 Å². The second-order valence-corrected chi connectivity index (χ2v) is 14.6. The number of para-hydroxylation sites is 1. The predicted octanol–water partition coefficient (Wildman–Crippen LogP) is 12.8. The van der Waals surface area contributed by atoms with E-state index in [-0.39, 0.29) is 0 Å². The summed E-state index contributed by atoms with van der Waals surface area (Å²) in [6.07, 6.45) is 0. The normalized spacial score (nSPS) is 12.1. The van der Waals surface area contributed by atoms with Crippen molar-refractivity contribution in [1.82, 2.24) is 14.5 Å². The van der Waals surface area contributed by atoms with Gasteiger partial charge in [0.2, 0.25) is 5.95 Å². The third-order valence-corrected chi connectivity index (χ3v) is 12.2. The molecule has 4 heterocycles. The Morgan fingerprint density at radius 2 is 0.980 bits per heavy atom. The second-order valence-electron chi connectivity index (χ2n) is 12.5. The highest BCUT2D eigenvalue weighted by Gasteiger charge is 2.24. The van der Waals surface area contributed by atoms with Crippen LogP contribution in [0.25, 0.3) is 101 Å². The molecule has 0 aliphatic rings. The molecule has 0 fully saturated rings. The van der Waals surface area contributed by atoms with E-state index in [9.17, 15) is 0 Å². The number of fused-ring (bicyclic) bond motifs is 13. The predicted molar refractivity (Wildman–Crippen MR) is 211 cm³/mol. The van der Waals surface area contributed by atoms with Crippen LogP contribution in [0.2, 0.25) is 0 Å². The zero-order valence-electron chi connectivity index (χ0n) is 26.1. The van der Waals surface area contributed by atoms with Crippen molar-refractivity contribution in [3.8, 4) is 28.3 Å². The lowest BCUT2D eigenvalue weighted by molar-refractivity contribution is 1.02. The molecule has 0 unspecified atom stereocenters. The molecule has 0 saturated heterocycles. The van der Waals surface area contributed by atoms with Crippen LogP contribution in [-0.2, 0) is 0 Å². The zero-order chi connectivity index (χ0) is 32.1. The van der Waals surface area contributed by atoms with E-state index in [2.05, 4.69) is 156 Å². The van der Waals surface area contributed by atoms with Crippen LogP contribution in [0.4, 0.5) is 0 Å². The summed E-state index contributed by atoms with van der Waals surface area (Å²) in [4.78, 5) is 11.0.